The molecule has 0 saturated heterocycles. The summed E-state index contributed by atoms with van der Waals surface area (Å²) in [6, 6.07) is 66.6. The van der Waals surface area contributed by atoms with E-state index >= 15 is 0 Å². The molecule has 266 valence electrons. The summed E-state index contributed by atoms with van der Waals surface area (Å²) in [5.74, 6) is 1.97. The summed E-state index contributed by atoms with van der Waals surface area (Å²) in [6.45, 7) is 0. The van der Waals surface area contributed by atoms with E-state index in [1.54, 1.807) is 11.3 Å². The van der Waals surface area contributed by atoms with Gasteiger partial charge in [-0.3, -0.25) is 0 Å². The second kappa shape index (κ2) is 12.6. The summed E-state index contributed by atoms with van der Waals surface area (Å²) in [6.07, 6.45) is 0. The van der Waals surface area contributed by atoms with Crippen molar-refractivity contribution in [2.75, 3.05) is 0 Å². The van der Waals surface area contributed by atoms with Crippen molar-refractivity contribution in [1.29, 1.82) is 0 Å². The molecule has 0 aliphatic rings. The molecule has 0 atom stereocenters. The fourth-order valence-electron chi connectivity index (χ4n) is 8.72. The predicted molar refractivity (Wildman–Crippen MR) is 238 cm³/mol. The molecule has 0 radical (unpaired) electrons. The zero-order valence-electron chi connectivity index (χ0n) is 30.5. The average molecular weight is 746 g/mol. The lowest BCUT2D eigenvalue weighted by Crippen LogP contribution is -2.00. The molecule has 8 aromatic carbocycles. The van der Waals surface area contributed by atoms with Gasteiger partial charge in [0.15, 0.2) is 17.5 Å². The molecule has 4 heterocycles. The number of aromatic nitrogens is 5. The van der Waals surface area contributed by atoms with E-state index in [0.717, 1.165) is 32.8 Å². The Balaban J connectivity index is 1.18. The predicted octanol–water partition coefficient (Wildman–Crippen LogP) is 13.4. The van der Waals surface area contributed by atoms with Crippen LogP contribution in [0.5, 0.6) is 0 Å². The SMILES string of the molecule is c1ccc(-c2nc(-c3ccccc3)nc(-c3cccc4c3sc3ccc5c6cccc(-n7c8ccccc8c8ccccc87)c6n(-c6ccccc6)c5c34)n2)cc1. The summed E-state index contributed by atoms with van der Waals surface area (Å²) in [4.78, 5) is 15.3. The van der Waals surface area contributed by atoms with Gasteiger partial charge in [0.1, 0.15) is 0 Å². The van der Waals surface area contributed by atoms with Crippen LogP contribution in [0.2, 0.25) is 0 Å². The molecule has 57 heavy (non-hydrogen) atoms. The van der Waals surface area contributed by atoms with E-state index in [4.69, 9.17) is 15.0 Å². The van der Waals surface area contributed by atoms with Crippen molar-refractivity contribution in [2.45, 2.75) is 0 Å². The molecule has 0 unspecified atom stereocenters. The number of fused-ring (bicyclic) bond motifs is 10. The third kappa shape index (κ3) is 4.84. The zero-order valence-corrected chi connectivity index (χ0v) is 31.4. The van der Waals surface area contributed by atoms with E-state index < -0.39 is 0 Å². The van der Waals surface area contributed by atoms with Gasteiger partial charge < -0.3 is 9.13 Å². The number of thiophene rings is 1. The number of rotatable bonds is 5. The molecule has 0 aliphatic carbocycles. The molecular weight excluding hydrogens is 715 g/mol. The van der Waals surface area contributed by atoms with Crippen molar-refractivity contribution >= 4 is 75.1 Å². The Morgan fingerprint density at radius 3 is 1.56 bits per heavy atom. The highest BCUT2D eigenvalue weighted by Crippen LogP contribution is 2.47. The first-order chi connectivity index (χ1) is 28.3. The van der Waals surface area contributed by atoms with Crippen LogP contribution in [0.4, 0.5) is 0 Å². The number of hydrogen-bond acceptors (Lipinski definition) is 4. The second-order valence-electron chi connectivity index (χ2n) is 14.4. The van der Waals surface area contributed by atoms with Crippen LogP contribution in [0, 0.1) is 0 Å². The molecule has 4 aromatic heterocycles. The summed E-state index contributed by atoms with van der Waals surface area (Å²) in [7, 11) is 0. The third-order valence-electron chi connectivity index (χ3n) is 11.2. The van der Waals surface area contributed by atoms with Crippen molar-refractivity contribution in [2.24, 2.45) is 0 Å². The molecule has 0 fully saturated rings. The molecule has 5 nitrogen and oxygen atoms in total. The Hall–Kier alpha value is -7.41. The average Bonchev–Trinajstić information content (AvgIpc) is 3.95. The van der Waals surface area contributed by atoms with Crippen molar-refractivity contribution in [3.8, 4) is 45.5 Å². The fourth-order valence-corrected chi connectivity index (χ4v) is 9.93. The smallest absolute Gasteiger partial charge is 0.165 e. The minimum Gasteiger partial charge on any atom is -0.307 e. The van der Waals surface area contributed by atoms with E-state index in [-0.39, 0.29) is 0 Å². The van der Waals surface area contributed by atoms with Gasteiger partial charge in [-0.15, -0.1) is 11.3 Å². The third-order valence-corrected chi connectivity index (χ3v) is 12.4. The molecule has 6 heteroatoms. The number of hydrogen-bond donors (Lipinski definition) is 0. The molecule has 12 rings (SSSR count). The maximum Gasteiger partial charge on any atom is 0.165 e. The van der Waals surface area contributed by atoms with Crippen LogP contribution >= 0.6 is 11.3 Å². The van der Waals surface area contributed by atoms with E-state index in [9.17, 15) is 0 Å². The van der Waals surface area contributed by atoms with Gasteiger partial charge in [-0.1, -0.05) is 146 Å². The highest BCUT2D eigenvalue weighted by molar-refractivity contribution is 7.26. The summed E-state index contributed by atoms with van der Waals surface area (Å²) >= 11 is 1.80. The van der Waals surface area contributed by atoms with Crippen LogP contribution in [0.25, 0.3) is 109 Å². The van der Waals surface area contributed by atoms with E-state index in [2.05, 4.69) is 161 Å². The van der Waals surface area contributed by atoms with Crippen molar-refractivity contribution < 1.29 is 0 Å². The Morgan fingerprint density at radius 2 is 0.895 bits per heavy atom. The summed E-state index contributed by atoms with van der Waals surface area (Å²) in [5, 5.41) is 7.32. The van der Waals surface area contributed by atoms with Crippen molar-refractivity contribution in [1.82, 2.24) is 24.1 Å². The normalized spacial score (nSPS) is 11.9. The monoisotopic (exact) mass is 745 g/mol. The number of para-hydroxylation sites is 4. The largest absolute Gasteiger partial charge is 0.307 e. The Labute approximate surface area is 331 Å². The minimum absolute atomic E-state index is 0.654. The lowest BCUT2D eigenvalue weighted by Gasteiger charge is -2.14. The van der Waals surface area contributed by atoms with Crippen LogP contribution in [0.15, 0.2) is 188 Å². The first-order valence-electron chi connectivity index (χ1n) is 19.1. The highest BCUT2D eigenvalue weighted by Gasteiger charge is 2.24. The fraction of sp³-hybridized carbons (Fsp3) is 0. The lowest BCUT2D eigenvalue weighted by atomic mass is 10.1. The Morgan fingerprint density at radius 1 is 0.368 bits per heavy atom. The molecule has 0 spiro atoms. The Kier molecular flexibility index (Phi) is 7.03. The molecule has 0 aliphatic heterocycles. The summed E-state index contributed by atoms with van der Waals surface area (Å²) in [5.41, 5.74) is 9.90. The Bertz CT molecular complexity index is 3400. The van der Waals surface area contributed by atoms with Crippen LogP contribution in [-0.4, -0.2) is 24.1 Å². The van der Waals surface area contributed by atoms with Crippen LogP contribution < -0.4 is 0 Å². The molecule has 0 saturated carbocycles. The van der Waals surface area contributed by atoms with Gasteiger partial charge in [-0.25, -0.2) is 15.0 Å². The molecule has 0 amide bonds. The van der Waals surface area contributed by atoms with E-state index in [1.807, 2.05) is 36.4 Å². The molecular formula is C51H31N5S. The topological polar surface area (TPSA) is 48.5 Å². The molecule has 0 bridgehead atoms. The molecule has 12 aromatic rings. The minimum atomic E-state index is 0.654. The number of benzene rings is 8. The van der Waals surface area contributed by atoms with Crippen LogP contribution in [-0.2, 0) is 0 Å². The standard InChI is InChI=1S/C51H31N5S/c1-4-16-32(17-5-1)49-52-50(33-18-6-2-7-19-33)54-51(53-49)40-26-14-25-39-45-44(57-48(39)40)31-30-38-37-24-15-29-43(46(37)55(47(38)45)34-20-8-3-9-21-34)56-41-27-12-10-22-35(41)36-23-11-13-28-42(36)56/h1-31H. The van der Waals surface area contributed by atoms with Gasteiger partial charge in [0.25, 0.3) is 0 Å². The second-order valence-corrected chi connectivity index (χ2v) is 15.4. The van der Waals surface area contributed by atoms with Gasteiger partial charge >= 0.3 is 0 Å². The maximum absolute atomic E-state index is 5.15. The van der Waals surface area contributed by atoms with Crippen LogP contribution in [0.3, 0.4) is 0 Å². The quantitative estimate of drug-likeness (QED) is 0.176. The lowest BCUT2D eigenvalue weighted by molar-refractivity contribution is 1.08. The van der Waals surface area contributed by atoms with Gasteiger partial charge in [0.2, 0.25) is 0 Å². The van der Waals surface area contributed by atoms with Gasteiger partial charge in [0.05, 0.1) is 27.8 Å². The molecule has 0 N–H and O–H groups in total. The van der Waals surface area contributed by atoms with Gasteiger partial charge in [-0.2, -0.15) is 0 Å². The first kappa shape index (κ1) is 31.9. The maximum atomic E-state index is 5.15. The van der Waals surface area contributed by atoms with Gasteiger partial charge in [-0.05, 0) is 42.5 Å². The van der Waals surface area contributed by atoms with E-state index in [0.29, 0.717) is 17.5 Å². The van der Waals surface area contributed by atoms with Crippen molar-refractivity contribution in [3.05, 3.63) is 188 Å². The van der Waals surface area contributed by atoms with Crippen LogP contribution in [0.1, 0.15) is 0 Å². The highest BCUT2D eigenvalue weighted by atomic mass is 32.1. The first-order valence-corrected chi connectivity index (χ1v) is 19.9. The van der Waals surface area contributed by atoms with E-state index in [1.165, 1.54) is 59.1 Å². The summed E-state index contributed by atoms with van der Waals surface area (Å²) < 4.78 is 7.30. The van der Waals surface area contributed by atoms with Crippen molar-refractivity contribution in [3.63, 3.8) is 0 Å². The van der Waals surface area contributed by atoms with Gasteiger partial charge in [0, 0.05) is 64.1 Å². The number of nitrogens with zero attached hydrogens (tertiary/aromatic N) is 5. The zero-order chi connectivity index (χ0) is 37.5.